The van der Waals surface area contributed by atoms with Crippen molar-refractivity contribution in [2.75, 3.05) is 0 Å². The molecule has 3 nitrogen and oxygen atoms in total. The van der Waals surface area contributed by atoms with Crippen molar-refractivity contribution >= 4 is 11.8 Å². The van der Waals surface area contributed by atoms with Gasteiger partial charge in [-0.2, -0.15) is 0 Å². The highest BCUT2D eigenvalue weighted by Gasteiger charge is 2.09. The summed E-state index contributed by atoms with van der Waals surface area (Å²) < 4.78 is 5.16. The Morgan fingerprint density at radius 2 is 1.76 bits per heavy atom. The fourth-order valence-corrected chi connectivity index (χ4v) is 1.24. The molecule has 0 unspecified atom stereocenters. The first-order valence-corrected chi connectivity index (χ1v) is 5.68. The Bertz CT molecular complexity index is 418. The standard InChI is InChI=1S/C14H16O3/c1-3-12(15)10-13(4-2)17-14(16)11-8-6-5-7-9-11/h5-10H,3-4H2,1-2H3/b13-10-. The largest absolute Gasteiger partial charge is 0.427 e. The van der Waals surface area contributed by atoms with Crippen LogP contribution in [0.3, 0.4) is 0 Å². The van der Waals surface area contributed by atoms with Gasteiger partial charge < -0.3 is 4.74 Å². The maximum Gasteiger partial charge on any atom is 0.343 e. The van der Waals surface area contributed by atoms with Crippen LogP contribution in [0.25, 0.3) is 0 Å². The first kappa shape index (κ1) is 13.2. The van der Waals surface area contributed by atoms with Crippen LogP contribution in [-0.4, -0.2) is 11.8 Å². The van der Waals surface area contributed by atoms with Crippen molar-refractivity contribution in [3.05, 3.63) is 47.7 Å². The van der Waals surface area contributed by atoms with Crippen molar-refractivity contribution in [1.29, 1.82) is 0 Å². The third-order valence-corrected chi connectivity index (χ3v) is 2.25. The lowest BCUT2D eigenvalue weighted by atomic mass is 10.2. The number of hydrogen-bond donors (Lipinski definition) is 0. The molecule has 0 radical (unpaired) electrons. The minimum Gasteiger partial charge on any atom is -0.427 e. The molecule has 0 bridgehead atoms. The van der Waals surface area contributed by atoms with Crippen molar-refractivity contribution in [2.24, 2.45) is 0 Å². The van der Waals surface area contributed by atoms with Gasteiger partial charge in [-0.25, -0.2) is 4.79 Å². The molecule has 1 rings (SSSR count). The van der Waals surface area contributed by atoms with E-state index < -0.39 is 5.97 Å². The molecule has 17 heavy (non-hydrogen) atoms. The highest BCUT2D eigenvalue weighted by atomic mass is 16.5. The molecule has 0 aromatic heterocycles. The van der Waals surface area contributed by atoms with Crippen molar-refractivity contribution in [2.45, 2.75) is 26.7 Å². The van der Waals surface area contributed by atoms with Crippen LogP contribution in [0, 0.1) is 0 Å². The normalized spacial score (nSPS) is 11.1. The summed E-state index contributed by atoms with van der Waals surface area (Å²) in [6.45, 7) is 3.61. The first-order valence-electron chi connectivity index (χ1n) is 5.68. The SMILES string of the molecule is CCC(=O)/C=C(/CC)OC(=O)c1ccccc1. The predicted molar refractivity (Wildman–Crippen MR) is 65.5 cm³/mol. The Hall–Kier alpha value is -1.90. The summed E-state index contributed by atoms with van der Waals surface area (Å²) in [7, 11) is 0. The maximum absolute atomic E-state index is 11.7. The second kappa shape index (κ2) is 6.63. The Balaban J connectivity index is 2.73. The molecular formula is C14H16O3. The van der Waals surface area contributed by atoms with Gasteiger partial charge in [-0.3, -0.25) is 4.79 Å². The molecule has 0 spiro atoms. The number of carbonyl (C=O) groups is 2. The molecule has 0 saturated carbocycles. The number of esters is 1. The summed E-state index contributed by atoms with van der Waals surface area (Å²) >= 11 is 0. The van der Waals surface area contributed by atoms with Gasteiger partial charge in [0.05, 0.1) is 5.56 Å². The maximum atomic E-state index is 11.7. The number of allylic oxidation sites excluding steroid dienone is 2. The number of benzene rings is 1. The van der Waals surface area contributed by atoms with E-state index >= 15 is 0 Å². The highest BCUT2D eigenvalue weighted by Crippen LogP contribution is 2.09. The van der Waals surface area contributed by atoms with Gasteiger partial charge in [0.25, 0.3) is 0 Å². The van der Waals surface area contributed by atoms with Crippen LogP contribution in [0.4, 0.5) is 0 Å². The molecule has 3 heteroatoms. The van der Waals surface area contributed by atoms with Crippen molar-refractivity contribution in [3.63, 3.8) is 0 Å². The van der Waals surface area contributed by atoms with Crippen LogP contribution in [0.5, 0.6) is 0 Å². The van der Waals surface area contributed by atoms with Crippen LogP contribution in [0.2, 0.25) is 0 Å². The molecule has 0 heterocycles. The van der Waals surface area contributed by atoms with Crippen LogP contribution in [0.15, 0.2) is 42.2 Å². The molecule has 0 saturated heterocycles. The number of ketones is 1. The van der Waals surface area contributed by atoms with Gasteiger partial charge in [0.1, 0.15) is 5.76 Å². The number of rotatable bonds is 5. The number of hydrogen-bond acceptors (Lipinski definition) is 3. The van der Waals surface area contributed by atoms with Gasteiger partial charge in [0, 0.05) is 18.9 Å². The van der Waals surface area contributed by atoms with Gasteiger partial charge in [-0.15, -0.1) is 0 Å². The average Bonchev–Trinajstić information content (AvgIpc) is 2.38. The van der Waals surface area contributed by atoms with E-state index in [9.17, 15) is 9.59 Å². The lowest BCUT2D eigenvalue weighted by Gasteiger charge is -2.06. The average molecular weight is 232 g/mol. The molecule has 0 aliphatic rings. The summed E-state index contributed by atoms with van der Waals surface area (Å²) in [5.74, 6) is -0.0592. The van der Waals surface area contributed by atoms with E-state index in [1.165, 1.54) is 6.08 Å². The van der Waals surface area contributed by atoms with E-state index in [1.807, 2.05) is 13.0 Å². The van der Waals surface area contributed by atoms with Crippen LogP contribution >= 0.6 is 0 Å². The summed E-state index contributed by atoms with van der Waals surface area (Å²) in [6.07, 6.45) is 2.32. The second-order valence-corrected chi connectivity index (χ2v) is 3.54. The van der Waals surface area contributed by atoms with Crippen LogP contribution < -0.4 is 0 Å². The molecule has 1 aromatic rings. The van der Waals surface area contributed by atoms with E-state index in [4.69, 9.17) is 4.74 Å². The van der Waals surface area contributed by atoms with Gasteiger partial charge in [0.2, 0.25) is 0 Å². The van der Waals surface area contributed by atoms with Crippen molar-refractivity contribution in [1.82, 2.24) is 0 Å². The molecule has 0 aliphatic heterocycles. The van der Waals surface area contributed by atoms with E-state index in [0.717, 1.165) is 0 Å². The Morgan fingerprint density at radius 1 is 1.12 bits per heavy atom. The molecular weight excluding hydrogens is 216 g/mol. The third kappa shape index (κ3) is 4.23. The quantitative estimate of drug-likeness (QED) is 0.445. The zero-order valence-corrected chi connectivity index (χ0v) is 10.1. The van der Waals surface area contributed by atoms with Crippen LogP contribution in [-0.2, 0) is 9.53 Å². The topological polar surface area (TPSA) is 43.4 Å². The summed E-state index contributed by atoms with van der Waals surface area (Å²) in [4.78, 5) is 22.9. The second-order valence-electron chi connectivity index (χ2n) is 3.54. The van der Waals surface area contributed by atoms with Gasteiger partial charge in [0.15, 0.2) is 5.78 Å². The molecule has 1 aromatic carbocycles. The zero-order valence-electron chi connectivity index (χ0n) is 10.1. The van der Waals surface area contributed by atoms with Crippen molar-refractivity contribution in [3.8, 4) is 0 Å². The van der Waals surface area contributed by atoms with E-state index in [0.29, 0.717) is 24.2 Å². The van der Waals surface area contributed by atoms with Gasteiger partial charge in [-0.05, 0) is 12.1 Å². The summed E-state index contributed by atoms with van der Waals surface area (Å²) in [5, 5.41) is 0. The minimum atomic E-state index is -0.428. The summed E-state index contributed by atoms with van der Waals surface area (Å²) in [5.41, 5.74) is 0.482. The fourth-order valence-electron chi connectivity index (χ4n) is 1.24. The van der Waals surface area contributed by atoms with E-state index in [2.05, 4.69) is 0 Å². The lowest BCUT2D eigenvalue weighted by molar-refractivity contribution is -0.114. The Labute approximate surface area is 101 Å². The Morgan fingerprint density at radius 3 is 2.29 bits per heavy atom. The molecule has 0 fully saturated rings. The van der Waals surface area contributed by atoms with E-state index in [-0.39, 0.29) is 5.78 Å². The monoisotopic (exact) mass is 232 g/mol. The molecule has 0 atom stereocenters. The number of carbonyl (C=O) groups excluding carboxylic acids is 2. The molecule has 0 amide bonds. The highest BCUT2D eigenvalue weighted by molar-refractivity contribution is 5.92. The molecule has 90 valence electrons. The van der Waals surface area contributed by atoms with Crippen LogP contribution in [0.1, 0.15) is 37.0 Å². The molecule has 0 N–H and O–H groups in total. The number of ether oxygens (including phenoxy) is 1. The fraction of sp³-hybridized carbons (Fsp3) is 0.286. The third-order valence-electron chi connectivity index (χ3n) is 2.25. The van der Waals surface area contributed by atoms with E-state index in [1.54, 1.807) is 31.2 Å². The smallest absolute Gasteiger partial charge is 0.343 e. The van der Waals surface area contributed by atoms with Crippen molar-refractivity contribution < 1.29 is 14.3 Å². The predicted octanol–water partition coefficient (Wildman–Crippen LogP) is 3.12. The first-order chi connectivity index (χ1) is 8.17. The lowest BCUT2D eigenvalue weighted by Crippen LogP contribution is -2.06. The molecule has 0 aliphatic carbocycles. The zero-order chi connectivity index (χ0) is 12.7. The van der Waals surface area contributed by atoms with Gasteiger partial charge in [-0.1, -0.05) is 32.0 Å². The minimum absolute atomic E-state index is 0.0392. The summed E-state index contributed by atoms with van der Waals surface area (Å²) in [6, 6.07) is 8.72. The Kier molecular flexibility index (Phi) is 5.14. The van der Waals surface area contributed by atoms with Gasteiger partial charge >= 0.3 is 5.97 Å².